The number of halogens is 1. The summed E-state index contributed by atoms with van der Waals surface area (Å²) >= 11 is 0. The summed E-state index contributed by atoms with van der Waals surface area (Å²) in [7, 11) is 4.07. The lowest BCUT2D eigenvalue weighted by molar-refractivity contribution is 0.427. The third-order valence-corrected chi connectivity index (χ3v) is 5.07. The van der Waals surface area contributed by atoms with Gasteiger partial charge in [-0.15, -0.1) is 24.0 Å². The molecule has 0 amide bonds. The summed E-state index contributed by atoms with van der Waals surface area (Å²) in [5, 5.41) is 6.81. The van der Waals surface area contributed by atoms with Gasteiger partial charge in [0.2, 0.25) is 0 Å². The van der Waals surface area contributed by atoms with Gasteiger partial charge in [-0.25, -0.2) is 0 Å². The highest BCUT2D eigenvalue weighted by molar-refractivity contribution is 14.0. The van der Waals surface area contributed by atoms with E-state index < -0.39 is 0 Å². The fourth-order valence-electron chi connectivity index (χ4n) is 3.33. The third-order valence-electron chi connectivity index (χ3n) is 5.07. The Morgan fingerprint density at radius 1 is 1.08 bits per heavy atom. The van der Waals surface area contributed by atoms with E-state index in [9.17, 15) is 0 Å². The Morgan fingerprint density at radius 2 is 1.75 bits per heavy atom. The molecule has 0 atom stereocenters. The highest BCUT2D eigenvalue weighted by atomic mass is 127. The molecule has 134 valence electrons. The van der Waals surface area contributed by atoms with Gasteiger partial charge >= 0.3 is 0 Å². The van der Waals surface area contributed by atoms with Crippen molar-refractivity contribution in [3.05, 3.63) is 29.8 Å². The highest BCUT2D eigenvalue weighted by Crippen LogP contribution is 2.26. The number of hydrogen-bond acceptors (Lipinski definition) is 2. The van der Waals surface area contributed by atoms with Crippen molar-refractivity contribution in [3.63, 3.8) is 0 Å². The second-order valence-corrected chi connectivity index (χ2v) is 6.91. The van der Waals surface area contributed by atoms with Crippen molar-refractivity contribution in [1.29, 1.82) is 0 Å². The maximum Gasteiger partial charge on any atom is 0.191 e. The first-order valence-electron chi connectivity index (χ1n) is 9.05. The van der Waals surface area contributed by atoms with Crippen LogP contribution in [0.1, 0.15) is 50.5 Å². The van der Waals surface area contributed by atoms with Crippen molar-refractivity contribution in [3.8, 4) is 0 Å². The fourth-order valence-corrected chi connectivity index (χ4v) is 3.33. The predicted octanol–water partition coefficient (Wildman–Crippen LogP) is 3.90. The number of rotatable bonds is 5. The van der Waals surface area contributed by atoms with Gasteiger partial charge in [-0.3, -0.25) is 4.99 Å². The third kappa shape index (κ3) is 5.53. The average Bonchev–Trinajstić information content (AvgIpc) is 3.43. The fraction of sp³-hybridized carbons (Fsp3) is 0.632. The summed E-state index contributed by atoms with van der Waals surface area (Å²) < 4.78 is 0. The summed E-state index contributed by atoms with van der Waals surface area (Å²) in [5.41, 5.74) is 2.63. The van der Waals surface area contributed by atoms with Crippen LogP contribution in [-0.4, -0.2) is 32.1 Å². The van der Waals surface area contributed by atoms with Crippen LogP contribution in [0.25, 0.3) is 0 Å². The zero-order chi connectivity index (χ0) is 16.1. The molecule has 2 fully saturated rings. The molecule has 5 heteroatoms. The maximum absolute atomic E-state index is 4.28. The van der Waals surface area contributed by atoms with Crippen LogP contribution >= 0.6 is 24.0 Å². The van der Waals surface area contributed by atoms with Crippen molar-refractivity contribution in [2.75, 3.05) is 19.0 Å². The Hall–Kier alpha value is -0.980. The molecule has 1 aromatic rings. The molecule has 2 saturated carbocycles. The van der Waals surface area contributed by atoms with Gasteiger partial charge in [-0.1, -0.05) is 31.4 Å². The van der Waals surface area contributed by atoms with Gasteiger partial charge in [0.1, 0.15) is 0 Å². The van der Waals surface area contributed by atoms with E-state index in [2.05, 4.69) is 51.8 Å². The Bertz CT molecular complexity index is 519. The average molecular weight is 442 g/mol. The minimum absolute atomic E-state index is 0. The summed E-state index contributed by atoms with van der Waals surface area (Å²) in [6.45, 7) is 0.819. The zero-order valence-corrected chi connectivity index (χ0v) is 17.3. The quantitative estimate of drug-likeness (QED) is 0.413. The number of nitrogens with one attached hydrogen (secondary N) is 2. The Balaban J connectivity index is 0.00000208. The molecule has 24 heavy (non-hydrogen) atoms. The topological polar surface area (TPSA) is 39.7 Å². The molecule has 0 bridgehead atoms. The predicted molar refractivity (Wildman–Crippen MR) is 113 cm³/mol. The van der Waals surface area contributed by atoms with Gasteiger partial charge in [0.15, 0.2) is 5.96 Å². The molecule has 2 aliphatic rings. The molecule has 0 radical (unpaired) electrons. The minimum Gasteiger partial charge on any atom is -0.372 e. The van der Waals surface area contributed by atoms with E-state index in [1.54, 1.807) is 0 Å². The summed E-state index contributed by atoms with van der Waals surface area (Å²) in [4.78, 5) is 6.74. The van der Waals surface area contributed by atoms with Crippen molar-refractivity contribution in [2.24, 2.45) is 4.99 Å². The molecular formula is C19H31IN4. The molecule has 2 aliphatic carbocycles. The lowest BCUT2D eigenvalue weighted by Gasteiger charge is -2.33. The Morgan fingerprint density at radius 3 is 2.33 bits per heavy atom. The summed E-state index contributed by atoms with van der Waals surface area (Å²) in [6.07, 6.45) is 9.37. The Kier molecular flexibility index (Phi) is 7.65. The highest BCUT2D eigenvalue weighted by Gasteiger charge is 2.22. The molecule has 1 aromatic carbocycles. The van der Waals surface area contributed by atoms with E-state index in [1.165, 1.54) is 56.2 Å². The first kappa shape index (κ1) is 19.3. The van der Waals surface area contributed by atoms with Crippen LogP contribution in [-0.2, 0) is 6.54 Å². The molecule has 0 spiro atoms. The molecule has 0 aliphatic heterocycles. The number of nitrogens with zero attached hydrogens (tertiary/aromatic N) is 2. The number of anilines is 1. The van der Waals surface area contributed by atoms with Crippen LogP contribution in [0.2, 0.25) is 0 Å². The van der Waals surface area contributed by atoms with Gasteiger partial charge in [0.05, 0.1) is 0 Å². The van der Waals surface area contributed by atoms with Crippen LogP contribution < -0.4 is 15.5 Å². The van der Waals surface area contributed by atoms with Gasteiger partial charge < -0.3 is 15.5 Å². The van der Waals surface area contributed by atoms with E-state index in [0.29, 0.717) is 12.1 Å². The lowest BCUT2D eigenvalue weighted by Crippen LogP contribution is -2.38. The molecular weight excluding hydrogens is 411 g/mol. The Labute approximate surface area is 163 Å². The first-order valence-corrected chi connectivity index (χ1v) is 9.05. The SMILES string of the molecule is CN=C(NCc1ccc(N(C)C2CCCCC2)cc1)NC1CC1.I. The molecule has 0 heterocycles. The van der Waals surface area contributed by atoms with E-state index in [1.807, 2.05) is 7.05 Å². The van der Waals surface area contributed by atoms with Gasteiger partial charge in [0, 0.05) is 38.4 Å². The van der Waals surface area contributed by atoms with Crippen molar-refractivity contribution < 1.29 is 0 Å². The largest absolute Gasteiger partial charge is 0.372 e. The number of aliphatic imine (C=N–C) groups is 1. The molecule has 0 aromatic heterocycles. The zero-order valence-electron chi connectivity index (χ0n) is 14.9. The van der Waals surface area contributed by atoms with E-state index in [4.69, 9.17) is 0 Å². The lowest BCUT2D eigenvalue weighted by atomic mass is 9.94. The van der Waals surface area contributed by atoms with Gasteiger partial charge in [0.25, 0.3) is 0 Å². The first-order chi connectivity index (χ1) is 11.3. The molecule has 4 nitrogen and oxygen atoms in total. The second kappa shape index (κ2) is 9.49. The summed E-state index contributed by atoms with van der Waals surface area (Å²) in [6, 6.07) is 10.3. The van der Waals surface area contributed by atoms with Gasteiger partial charge in [-0.2, -0.15) is 0 Å². The number of guanidine groups is 1. The second-order valence-electron chi connectivity index (χ2n) is 6.91. The van der Waals surface area contributed by atoms with Crippen LogP contribution in [0.3, 0.4) is 0 Å². The monoisotopic (exact) mass is 442 g/mol. The molecule has 0 saturated heterocycles. The summed E-state index contributed by atoms with van der Waals surface area (Å²) in [5.74, 6) is 0.913. The van der Waals surface area contributed by atoms with E-state index in [0.717, 1.165) is 12.5 Å². The van der Waals surface area contributed by atoms with E-state index in [-0.39, 0.29) is 24.0 Å². The van der Waals surface area contributed by atoms with Gasteiger partial charge in [-0.05, 0) is 43.4 Å². The van der Waals surface area contributed by atoms with Crippen LogP contribution in [0, 0.1) is 0 Å². The minimum atomic E-state index is 0. The van der Waals surface area contributed by atoms with Crippen LogP contribution in [0.5, 0.6) is 0 Å². The molecule has 2 N–H and O–H groups in total. The van der Waals surface area contributed by atoms with Crippen molar-refractivity contribution in [1.82, 2.24) is 10.6 Å². The number of benzene rings is 1. The maximum atomic E-state index is 4.28. The van der Waals surface area contributed by atoms with E-state index >= 15 is 0 Å². The standard InChI is InChI=1S/C19H30N4.HI/c1-20-19(22-16-10-11-16)21-14-15-8-12-18(13-9-15)23(2)17-6-4-3-5-7-17;/h8-9,12-13,16-17H,3-7,10-11,14H2,1-2H3,(H2,20,21,22);1H. The smallest absolute Gasteiger partial charge is 0.191 e. The van der Waals surface area contributed by atoms with Crippen LogP contribution in [0.15, 0.2) is 29.3 Å². The van der Waals surface area contributed by atoms with Crippen molar-refractivity contribution in [2.45, 2.75) is 63.6 Å². The van der Waals surface area contributed by atoms with Crippen LogP contribution in [0.4, 0.5) is 5.69 Å². The normalized spacial score (nSPS) is 18.7. The number of hydrogen-bond donors (Lipinski definition) is 2. The molecule has 3 rings (SSSR count). The molecule has 0 unspecified atom stereocenters. The van der Waals surface area contributed by atoms with Crippen molar-refractivity contribution >= 4 is 35.6 Å².